The van der Waals surface area contributed by atoms with Gasteiger partial charge in [-0.3, -0.25) is 4.79 Å². The van der Waals surface area contributed by atoms with Crippen molar-refractivity contribution in [3.8, 4) is 11.4 Å². The van der Waals surface area contributed by atoms with Crippen molar-refractivity contribution in [1.29, 1.82) is 0 Å². The van der Waals surface area contributed by atoms with Crippen molar-refractivity contribution in [2.24, 2.45) is 5.73 Å². The summed E-state index contributed by atoms with van der Waals surface area (Å²) in [5, 5.41) is 0. The highest BCUT2D eigenvalue weighted by Gasteiger charge is 2.12. The second kappa shape index (κ2) is 7.53. The molecule has 25 heavy (non-hydrogen) atoms. The predicted molar refractivity (Wildman–Crippen MR) is 94.1 cm³/mol. The molecule has 1 aromatic heterocycles. The van der Waals surface area contributed by atoms with Gasteiger partial charge in [0.1, 0.15) is 5.82 Å². The number of halogens is 1. The third-order valence-electron chi connectivity index (χ3n) is 3.64. The van der Waals surface area contributed by atoms with Crippen molar-refractivity contribution >= 4 is 11.6 Å². The molecule has 0 saturated carbocycles. The molecular formula is C19H17FN4O. The fourth-order valence-corrected chi connectivity index (χ4v) is 2.48. The van der Waals surface area contributed by atoms with Crippen LogP contribution in [0.25, 0.3) is 11.4 Å². The summed E-state index contributed by atoms with van der Waals surface area (Å²) in [6, 6.07) is 17.3. The number of rotatable bonds is 6. The third kappa shape index (κ3) is 4.38. The van der Waals surface area contributed by atoms with Gasteiger partial charge in [-0.15, -0.1) is 0 Å². The van der Waals surface area contributed by atoms with E-state index in [0.29, 0.717) is 12.4 Å². The Morgan fingerprint density at radius 1 is 1.04 bits per heavy atom. The first-order valence-corrected chi connectivity index (χ1v) is 7.78. The predicted octanol–water partition coefficient (Wildman–Crippen LogP) is 2.77. The van der Waals surface area contributed by atoms with E-state index in [4.69, 9.17) is 5.73 Å². The number of primary amides is 1. The van der Waals surface area contributed by atoms with Gasteiger partial charge in [0, 0.05) is 17.4 Å². The van der Waals surface area contributed by atoms with Gasteiger partial charge in [-0.05, 0) is 42.5 Å². The molecule has 0 atom stereocenters. The number of nitrogens with two attached hydrogens (primary N) is 1. The van der Waals surface area contributed by atoms with Crippen molar-refractivity contribution < 1.29 is 9.18 Å². The molecule has 2 aromatic carbocycles. The topological polar surface area (TPSA) is 72.1 Å². The summed E-state index contributed by atoms with van der Waals surface area (Å²) in [4.78, 5) is 22.0. The normalized spacial score (nSPS) is 10.4. The van der Waals surface area contributed by atoms with Crippen LogP contribution in [-0.2, 0) is 11.3 Å². The average Bonchev–Trinajstić information content (AvgIpc) is 2.62. The van der Waals surface area contributed by atoms with Gasteiger partial charge >= 0.3 is 0 Å². The molecule has 0 fully saturated rings. The molecule has 0 aliphatic rings. The molecule has 0 unspecified atom stereocenters. The van der Waals surface area contributed by atoms with Crippen LogP contribution in [0.3, 0.4) is 0 Å². The van der Waals surface area contributed by atoms with E-state index >= 15 is 0 Å². The average molecular weight is 336 g/mol. The summed E-state index contributed by atoms with van der Waals surface area (Å²) in [5.41, 5.74) is 7.71. The van der Waals surface area contributed by atoms with Crippen molar-refractivity contribution in [3.63, 3.8) is 0 Å². The van der Waals surface area contributed by atoms with Gasteiger partial charge in [0.25, 0.3) is 0 Å². The maximum Gasteiger partial charge on any atom is 0.236 e. The minimum absolute atomic E-state index is 0.0832. The fourth-order valence-electron chi connectivity index (χ4n) is 2.48. The summed E-state index contributed by atoms with van der Waals surface area (Å²) >= 11 is 0. The molecule has 3 aromatic rings. The number of hydrogen-bond donors (Lipinski definition) is 1. The molecule has 0 saturated heterocycles. The van der Waals surface area contributed by atoms with Gasteiger partial charge in [-0.1, -0.05) is 18.2 Å². The Kier molecular flexibility index (Phi) is 4.99. The first kappa shape index (κ1) is 16.6. The lowest BCUT2D eigenvalue weighted by Gasteiger charge is -2.23. The number of amides is 1. The van der Waals surface area contributed by atoms with E-state index in [1.54, 1.807) is 24.4 Å². The molecule has 1 amide bonds. The maximum absolute atomic E-state index is 13.1. The van der Waals surface area contributed by atoms with Crippen LogP contribution in [0.1, 0.15) is 5.69 Å². The van der Waals surface area contributed by atoms with Gasteiger partial charge in [0.15, 0.2) is 5.82 Å². The number of para-hydroxylation sites is 1. The summed E-state index contributed by atoms with van der Waals surface area (Å²) in [6.45, 7) is 0.490. The van der Waals surface area contributed by atoms with Crippen LogP contribution in [0, 0.1) is 5.82 Å². The van der Waals surface area contributed by atoms with E-state index in [9.17, 15) is 9.18 Å². The third-order valence-corrected chi connectivity index (χ3v) is 3.64. The quantitative estimate of drug-likeness (QED) is 0.751. The van der Waals surface area contributed by atoms with Gasteiger partial charge in [-0.2, -0.15) is 0 Å². The van der Waals surface area contributed by atoms with Crippen LogP contribution in [-0.4, -0.2) is 22.4 Å². The Hall–Kier alpha value is -3.28. The highest BCUT2D eigenvalue weighted by atomic mass is 19.1. The monoisotopic (exact) mass is 336 g/mol. The lowest BCUT2D eigenvalue weighted by molar-refractivity contribution is -0.116. The minimum Gasteiger partial charge on any atom is -0.368 e. The van der Waals surface area contributed by atoms with E-state index in [-0.39, 0.29) is 12.4 Å². The zero-order chi connectivity index (χ0) is 17.6. The Balaban J connectivity index is 1.86. The number of carbonyl (C=O) groups excluding carboxylic acids is 1. The van der Waals surface area contributed by atoms with Crippen LogP contribution in [0.5, 0.6) is 0 Å². The van der Waals surface area contributed by atoms with Crippen molar-refractivity contribution in [2.45, 2.75) is 6.54 Å². The van der Waals surface area contributed by atoms with E-state index in [0.717, 1.165) is 16.9 Å². The Labute approximate surface area is 145 Å². The second-order valence-electron chi connectivity index (χ2n) is 5.54. The minimum atomic E-state index is -0.420. The van der Waals surface area contributed by atoms with Crippen LogP contribution >= 0.6 is 0 Å². The van der Waals surface area contributed by atoms with Crippen LogP contribution in [0.15, 0.2) is 66.9 Å². The molecule has 0 radical (unpaired) electrons. The lowest BCUT2D eigenvalue weighted by atomic mass is 10.2. The van der Waals surface area contributed by atoms with Gasteiger partial charge < -0.3 is 10.6 Å². The van der Waals surface area contributed by atoms with Crippen molar-refractivity contribution in [2.75, 3.05) is 11.4 Å². The zero-order valence-electron chi connectivity index (χ0n) is 13.5. The standard InChI is InChI=1S/C19H17FN4O/c20-15-8-6-14(7-9-15)19-22-11-10-16(23-19)12-24(13-18(21)25)17-4-2-1-3-5-17/h1-11H,12-13H2,(H2,21,25). The van der Waals surface area contributed by atoms with E-state index in [1.807, 2.05) is 35.2 Å². The molecular weight excluding hydrogens is 319 g/mol. The Morgan fingerprint density at radius 3 is 2.44 bits per heavy atom. The molecule has 0 aliphatic carbocycles. The number of carbonyl (C=O) groups is 1. The highest BCUT2D eigenvalue weighted by Crippen LogP contribution is 2.18. The summed E-state index contributed by atoms with van der Waals surface area (Å²) in [6.07, 6.45) is 1.65. The number of anilines is 1. The van der Waals surface area contributed by atoms with Crippen LogP contribution in [0.2, 0.25) is 0 Å². The number of benzene rings is 2. The van der Waals surface area contributed by atoms with Crippen molar-refractivity contribution in [3.05, 3.63) is 78.4 Å². The van der Waals surface area contributed by atoms with Crippen LogP contribution in [0.4, 0.5) is 10.1 Å². The second-order valence-corrected chi connectivity index (χ2v) is 5.54. The fraction of sp³-hybridized carbons (Fsp3) is 0.105. The number of hydrogen-bond acceptors (Lipinski definition) is 4. The molecule has 0 spiro atoms. The number of nitrogens with zero attached hydrogens (tertiary/aromatic N) is 3. The molecule has 0 bridgehead atoms. The summed E-state index contributed by atoms with van der Waals surface area (Å²) in [5.74, 6) is -0.224. The Morgan fingerprint density at radius 2 is 1.76 bits per heavy atom. The van der Waals surface area contributed by atoms with Gasteiger partial charge in [0.05, 0.1) is 18.8 Å². The molecule has 3 rings (SSSR count). The van der Waals surface area contributed by atoms with E-state index in [1.165, 1.54) is 12.1 Å². The largest absolute Gasteiger partial charge is 0.368 e. The SMILES string of the molecule is NC(=O)CN(Cc1ccnc(-c2ccc(F)cc2)n1)c1ccccc1. The summed E-state index contributed by atoms with van der Waals surface area (Å²) in [7, 11) is 0. The smallest absolute Gasteiger partial charge is 0.236 e. The maximum atomic E-state index is 13.1. The molecule has 6 heteroatoms. The van der Waals surface area contributed by atoms with Crippen molar-refractivity contribution in [1.82, 2.24) is 9.97 Å². The highest BCUT2D eigenvalue weighted by molar-refractivity contribution is 5.79. The zero-order valence-corrected chi connectivity index (χ0v) is 13.5. The van der Waals surface area contributed by atoms with Crippen LogP contribution < -0.4 is 10.6 Å². The molecule has 1 heterocycles. The number of aromatic nitrogens is 2. The first-order chi connectivity index (χ1) is 12.1. The first-order valence-electron chi connectivity index (χ1n) is 7.78. The molecule has 0 aliphatic heterocycles. The lowest BCUT2D eigenvalue weighted by Crippen LogP contribution is -2.33. The van der Waals surface area contributed by atoms with E-state index in [2.05, 4.69) is 9.97 Å². The Bertz CT molecular complexity index is 853. The van der Waals surface area contributed by atoms with Gasteiger partial charge in [0.2, 0.25) is 5.91 Å². The molecule has 126 valence electrons. The molecule has 2 N–H and O–H groups in total. The summed E-state index contributed by atoms with van der Waals surface area (Å²) < 4.78 is 13.1. The van der Waals surface area contributed by atoms with E-state index < -0.39 is 5.91 Å². The van der Waals surface area contributed by atoms with Gasteiger partial charge in [-0.25, -0.2) is 14.4 Å². The molecule has 5 nitrogen and oxygen atoms in total.